The van der Waals surface area contributed by atoms with E-state index in [0.717, 1.165) is 24.3 Å². The van der Waals surface area contributed by atoms with E-state index < -0.39 is 0 Å². The Hall–Kier alpha value is -1.09. The summed E-state index contributed by atoms with van der Waals surface area (Å²) in [6, 6.07) is 0. The third-order valence-electron chi connectivity index (χ3n) is 2.05. The van der Waals surface area contributed by atoms with Crippen LogP contribution >= 0.6 is 11.6 Å². The van der Waals surface area contributed by atoms with Crippen LogP contribution in [0, 0.1) is 0 Å². The molecule has 1 aromatic rings. The summed E-state index contributed by atoms with van der Waals surface area (Å²) in [5.41, 5.74) is 0.975. The molecule has 0 fully saturated rings. The Morgan fingerprint density at radius 3 is 2.87 bits per heavy atom. The Morgan fingerprint density at radius 2 is 2.27 bits per heavy atom. The minimum atomic E-state index is 0.310. The number of hydrogen-bond acceptors (Lipinski definition) is 3. The van der Waals surface area contributed by atoms with Gasteiger partial charge in [-0.3, -0.25) is 0 Å². The molecule has 0 bridgehead atoms. The second kappa shape index (κ2) is 5.71. The van der Waals surface area contributed by atoms with Gasteiger partial charge in [0.25, 0.3) is 0 Å². The number of hydrogen-bond donors (Lipinski definition) is 1. The first kappa shape index (κ1) is 12.0. The highest BCUT2D eigenvalue weighted by Gasteiger charge is 2.12. The van der Waals surface area contributed by atoms with Gasteiger partial charge >= 0.3 is 0 Å². The monoisotopic (exact) mass is 225 g/mol. The maximum atomic E-state index is 6.03. The van der Waals surface area contributed by atoms with E-state index in [1.165, 1.54) is 6.33 Å². The van der Waals surface area contributed by atoms with Crippen LogP contribution in [0.4, 0.5) is 5.82 Å². The zero-order valence-electron chi connectivity index (χ0n) is 9.13. The number of nitrogens with one attached hydrogen (secondary N) is 1. The second-order valence-electron chi connectivity index (χ2n) is 3.59. The molecule has 15 heavy (non-hydrogen) atoms. The molecule has 0 spiro atoms. The summed E-state index contributed by atoms with van der Waals surface area (Å²) in [5, 5.41) is 3.76. The first-order valence-electron chi connectivity index (χ1n) is 5.02. The molecule has 0 aliphatic rings. The van der Waals surface area contributed by atoms with Crippen LogP contribution < -0.4 is 5.32 Å². The molecule has 0 saturated carbocycles. The normalized spacial score (nSPS) is 10.4. The predicted molar refractivity (Wildman–Crippen MR) is 64.4 cm³/mol. The van der Waals surface area contributed by atoms with Crippen molar-refractivity contribution in [1.82, 2.24) is 9.97 Å². The summed E-state index contributed by atoms with van der Waals surface area (Å²) in [6.07, 6.45) is 4.24. The standard InChI is InChI=1S/C11H16ClN3/c1-4-5-6-13-11-9(8(2)3)10(12)14-7-15-11/h4,7-8H,1,5-6H2,2-3H3,(H,13,14,15). The Balaban J connectivity index is 2.85. The van der Waals surface area contributed by atoms with Crippen LogP contribution in [-0.4, -0.2) is 16.5 Å². The first-order valence-corrected chi connectivity index (χ1v) is 5.39. The lowest BCUT2D eigenvalue weighted by Gasteiger charge is -2.13. The summed E-state index contributed by atoms with van der Waals surface area (Å²) in [5.74, 6) is 1.14. The van der Waals surface area contributed by atoms with Crippen molar-refractivity contribution in [2.45, 2.75) is 26.2 Å². The number of nitrogens with zero attached hydrogens (tertiary/aromatic N) is 2. The summed E-state index contributed by atoms with van der Waals surface area (Å²) < 4.78 is 0. The highest BCUT2D eigenvalue weighted by Crippen LogP contribution is 2.27. The molecule has 1 N–H and O–H groups in total. The Kier molecular flexibility index (Phi) is 4.56. The Bertz CT molecular complexity index is 337. The van der Waals surface area contributed by atoms with E-state index in [9.17, 15) is 0 Å². The molecule has 0 saturated heterocycles. The number of anilines is 1. The fourth-order valence-corrected chi connectivity index (χ4v) is 1.67. The third kappa shape index (κ3) is 3.20. The molecular weight excluding hydrogens is 210 g/mol. The molecule has 0 aromatic carbocycles. The number of rotatable bonds is 5. The molecule has 3 nitrogen and oxygen atoms in total. The van der Waals surface area contributed by atoms with Crippen molar-refractivity contribution in [3.63, 3.8) is 0 Å². The van der Waals surface area contributed by atoms with Gasteiger partial charge in [0, 0.05) is 12.1 Å². The van der Waals surface area contributed by atoms with Crippen LogP contribution in [0.3, 0.4) is 0 Å². The molecule has 1 rings (SSSR count). The van der Waals surface area contributed by atoms with E-state index in [0.29, 0.717) is 11.1 Å². The van der Waals surface area contributed by atoms with Crippen molar-refractivity contribution in [2.75, 3.05) is 11.9 Å². The molecule has 0 atom stereocenters. The van der Waals surface area contributed by atoms with E-state index in [1.54, 1.807) is 0 Å². The van der Waals surface area contributed by atoms with Gasteiger partial charge in [-0.2, -0.15) is 0 Å². The predicted octanol–water partition coefficient (Wildman–Crippen LogP) is 3.24. The van der Waals surface area contributed by atoms with Crippen molar-refractivity contribution in [3.05, 3.63) is 29.7 Å². The Morgan fingerprint density at radius 1 is 1.53 bits per heavy atom. The van der Waals surface area contributed by atoms with Gasteiger partial charge in [-0.25, -0.2) is 9.97 Å². The molecular formula is C11H16ClN3. The van der Waals surface area contributed by atoms with Gasteiger partial charge in [-0.1, -0.05) is 31.5 Å². The lowest BCUT2D eigenvalue weighted by atomic mass is 10.1. The van der Waals surface area contributed by atoms with E-state index in [1.807, 2.05) is 6.08 Å². The summed E-state index contributed by atoms with van der Waals surface area (Å²) in [7, 11) is 0. The second-order valence-corrected chi connectivity index (χ2v) is 3.94. The number of halogens is 1. The van der Waals surface area contributed by atoms with E-state index in [-0.39, 0.29) is 0 Å². The fraction of sp³-hybridized carbons (Fsp3) is 0.455. The minimum absolute atomic E-state index is 0.310. The molecule has 82 valence electrons. The van der Waals surface area contributed by atoms with Crippen LogP contribution in [0.5, 0.6) is 0 Å². The summed E-state index contributed by atoms with van der Waals surface area (Å²) in [6.45, 7) is 8.63. The molecule has 0 radical (unpaired) electrons. The molecule has 0 unspecified atom stereocenters. The van der Waals surface area contributed by atoms with Gasteiger partial charge in [0.15, 0.2) is 0 Å². The largest absolute Gasteiger partial charge is 0.369 e. The maximum Gasteiger partial charge on any atom is 0.138 e. The quantitative estimate of drug-likeness (QED) is 0.475. The van der Waals surface area contributed by atoms with Crippen molar-refractivity contribution >= 4 is 17.4 Å². The average Bonchev–Trinajstić information content (AvgIpc) is 2.17. The lowest BCUT2D eigenvalue weighted by molar-refractivity contribution is 0.844. The smallest absolute Gasteiger partial charge is 0.138 e. The van der Waals surface area contributed by atoms with Gasteiger partial charge in [-0.05, 0) is 12.3 Å². The molecule has 4 heteroatoms. The lowest BCUT2D eigenvalue weighted by Crippen LogP contribution is -2.07. The topological polar surface area (TPSA) is 37.8 Å². The molecule has 0 aliphatic heterocycles. The SMILES string of the molecule is C=CCCNc1ncnc(Cl)c1C(C)C. The van der Waals surface area contributed by atoms with Crippen LogP contribution in [-0.2, 0) is 0 Å². The molecule has 1 aromatic heterocycles. The van der Waals surface area contributed by atoms with Crippen molar-refractivity contribution in [2.24, 2.45) is 0 Å². The van der Waals surface area contributed by atoms with Crippen LogP contribution in [0.25, 0.3) is 0 Å². The van der Waals surface area contributed by atoms with Crippen molar-refractivity contribution < 1.29 is 0 Å². The Labute approximate surface area is 95.6 Å². The number of aromatic nitrogens is 2. The highest BCUT2D eigenvalue weighted by atomic mass is 35.5. The molecule has 0 aliphatic carbocycles. The zero-order chi connectivity index (χ0) is 11.3. The maximum absolute atomic E-state index is 6.03. The fourth-order valence-electron chi connectivity index (χ4n) is 1.32. The highest BCUT2D eigenvalue weighted by molar-refractivity contribution is 6.30. The third-order valence-corrected chi connectivity index (χ3v) is 2.35. The van der Waals surface area contributed by atoms with E-state index >= 15 is 0 Å². The molecule has 0 amide bonds. The minimum Gasteiger partial charge on any atom is -0.369 e. The van der Waals surface area contributed by atoms with Gasteiger partial charge in [0.05, 0.1) is 0 Å². The zero-order valence-corrected chi connectivity index (χ0v) is 9.88. The van der Waals surface area contributed by atoms with Crippen molar-refractivity contribution in [1.29, 1.82) is 0 Å². The summed E-state index contributed by atoms with van der Waals surface area (Å²) in [4.78, 5) is 8.18. The van der Waals surface area contributed by atoms with Crippen LogP contribution in [0.15, 0.2) is 19.0 Å². The van der Waals surface area contributed by atoms with Crippen LogP contribution in [0.1, 0.15) is 31.7 Å². The van der Waals surface area contributed by atoms with Gasteiger partial charge < -0.3 is 5.32 Å². The van der Waals surface area contributed by atoms with Gasteiger partial charge in [0.2, 0.25) is 0 Å². The van der Waals surface area contributed by atoms with Gasteiger partial charge in [-0.15, -0.1) is 6.58 Å². The van der Waals surface area contributed by atoms with E-state index in [4.69, 9.17) is 11.6 Å². The van der Waals surface area contributed by atoms with E-state index in [2.05, 4.69) is 35.7 Å². The molecule has 1 heterocycles. The van der Waals surface area contributed by atoms with Crippen molar-refractivity contribution in [3.8, 4) is 0 Å². The van der Waals surface area contributed by atoms with Gasteiger partial charge in [0.1, 0.15) is 17.3 Å². The average molecular weight is 226 g/mol. The summed E-state index contributed by atoms with van der Waals surface area (Å²) >= 11 is 6.03. The first-order chi connectivity index (χ1) is 7.16. The van der Waals surface area contributed by atoms with Crippen LogP contribution in [0.2, 0.25) is 5.15 Å².